The van der Waals surface area contributed by atoms with E-state index >= 15 is 0 Å². The molecule has 0 aliphatic carbocycles. The van der Waals surface area contributed by atoms with Crippen LogP contribution < -0.4 is 11.1 Å². The van der Waals surface area contributed by atoms with Crippen LogP contribution in [0.5, 0.6) is 0 Å². The van der Waals surface area contributed by atoms with Crippen LogP contribution in [0.4, 0.5) is 5.69 Å². The largest absolute Gasteiger partial charge is 0.399 e. The molecule has 0 aliphatic rings. The number of benzene rings is 2. The minimum atomic E-state index is -0.271. The SMILES string of the molecule is CC(C(=O)NCc1cccc(C#N)c1)c1cccc(N)c1. The average molecular weight is 279 g/mol. The van der Waals surface area contributed by atoms with E-state index in [1.807, 2.05) is 25.1 Å². The number of anilines is 1. The lowest BCUT2D eigenvalue weighted by Crippen LogP contribution is -2.27. The van der Waals surface area contributed by atoms with Crippen LogP contribution in [-0.4, -0.2) is 5.91 Å². The van der Waals surface area contributed by atoms with Crippen molar-refractivity contribution in [2.45, 2.75) is 19.4 Å². The summed E-state index contributed by atoms with van der Waals surface area (Å²) in [6.07, 6.45) is 0. The molecule has 1 amide bonds. The van der Waals surface area contributed by atoms with Gasteiger partial charge in [0.25, 0.3) is 0 Å². The molecule has 2 aromatic rings. The van der Waals surface area contributed by atoms with Crippen molar-refractivity contribution in [1.29, 1.82) is 5.26 Å². The van der Waals surface area contributed by atoms with Crippen LogP contribution in [0.2, 0.25) is 0 Å². The van der Waals surface area contributed by atoms with Gasteiger partial charge in [-0.15, -0.1) is 0 Å². The molecule has 2 rings (SSSR count). The Morgan fingerprint density at radius 3 is 2.76 bits per heavy atom. The van der Waals surface area contributed by atoms with E-state index in [9.17, 15) is 4.79 Å². The van der Waals surface area contributed by atoms with Gasteiger partial charge in [0.1, 0.15) is 0 Å². The maximum Gasteiger partial charge on any atom is 0.227 e. The predicted octanol–water partition coefficient (Wildman–Crippen LogP) is 2.56. The van der Waals surface area contributed by atoms with Crippen LogP contribution in [0, 0.1) is 11.3 Å². The number of nitrogens with zero attached hydrogens (tertiary/aromatic N) is 1. The van der Waals surface area contributed by atoms with Crippen LogP contribution in [0.15, 0.2) is 48.5 Å². The van der Waals surface area contributed by atoms with Crippen LogP contribution in [0.3, 0.4) is 0 Å². The summed E-state index contributed by atoms with van der Waals surface area (Å²) in [4.78, 5) is 12.2. The molecule has 3 N–H and O–H groups in total. The lowest BCUT2D eigenvalue weighted by molar-refractivity contribution is -0.122. The van der Waals surface area contributed by atoms with Crippen LogP contribution >= 0.6 is 0 Å². The lowest BCUT2D eigenvalue weighted by atomic mass is 10.00. The molecule has 0 bridgehead atoms. The van der Waals surface area contributed by atoms with Gasteiger partial charge in [0.2, 0.25) is 5.91 Å². The molecule has 2 aromatic carbocycles. The third-order valence-electron chi connectivity index (χ3n) is 3.33. The van der Waals surface area contributed by atoms with Crippen LogP contribution in [-0.2, 0) is 11.3 Å². The molecule has 0 fully saturated rings. The number of nitriles is 1. The summed E-state index contributed by atoms with van der Waals surface area (Å²) in [5.41, 5.74) is 8.76. The minimum Gasteiger partial charge on any atom is -0.399 e. The molecule has 0 saturated heterocycles. The molecule has 0 aliphatic heterocycles. The number of carbonyl (C=O) groups excluding carboxylic acids is 1. The number of rotatable bonds is 4. The zero-order valence-electron chi connectivity index (χ0n) is 11.8. The fourth-order valence-electron chi connectivity index (χ4n) is 2.07. The van der Waals surface area contributed by atoms with Crippen molar-refractivity contribution in [2.75, 3.05) is 5.73 Å². The van der Waals surface area contributed by atoms with Crippen molar-refractivity contribution in [3.63, 3.8) is 0 Å². The van der Waals surface area contributed by atoms with Gasteiger partial charge in [-0.3, -0.25) is 4.79 Å². The van der Waals surface area contributed by atoms with Gasteiger partial charge in [-0.05, 0) is 42.3 Å². The molecule has 106 valence electrons. The number of hydrogen-bond donors (Lipinski definition) is 2. The van der Waals surface area contributed by atoms with E-state index in [0.29, 0.717) is 17.8 Å². The van der Waals surface area contributed by atoms with E-state index in [-0.39, 0.29) is 11.8 Å². The smallest absolute Gasteiger partial charge is 0.227 e. The summed E-state index contributed by atoms with van der Waals surface area (Å²) < 4.78 is 0. The molecule has 0 radical (unpaired) electrons. The van der Waals surface area contributed by atoms with Gasteiger partial charge in [0, 0.05) is 12.2 Å². The summed E-state index contributed by atoms with van der Waals surface area (Å²) in [7, 11) is 0. The topological polar surface area (TPSA) is 78.9 Å². The quantitative estimate of drug-likeness (QED) is 0.844. The van der Waals surface area contributed by atoms with Crippen LogP contribution in [0.1, 0.15) is 29.5 Å². The molecular weight excluding hydrogens is 262 g/mol. The summed E-state index contributed by atoms with van der Waals surface area (Å²) in [5.74, 6) is -0.337. The molecule has 1 unspecified atom stereocenters. The first-order chi connectivity index (χ1) is 10.1. The van der Waals surface area contributed by atoms with E-state index in [2.05, 4.69) is 11.4 Å². The summed E-state index contributed by atoms with van der Waals surface area (Å²) in [6.45, 7) is 2.25. The van der Waals surface area contributed by atoms with Gasteiger partial charge >= 0.3 is 0 Å². The fourth-order valence-corrected chi connectivity index (χ4v) is 2.07. The maximum atomic E-state index is 12.2. The number of hydrogen-bond acceptors (Lipinski definition) is 3. The summed E-state index contributed by atoms with van der Waals surface area (Å²) in [5, 5.41) is 11.7. The standard InChI is InChI=1S/C17H17N3O/c1-12(15-6-3-7-16(19)9-15)17(21)20-11-14-5-2-4-13(8-14)10-18/h2-9,12H,11,19H2,1H3,(H,20,21). The van der Waals surface area contributed by atoms with Crippen molar-refractivity contribution < 1.29 is 4.79 Å². The Kier molecular flexibility index (Phi) is 4.57. The van der Waals surface area contributed by atoms with E-state index in [0.717, 1.165) is 11.1 Å². The monoisotopic (exact) mass is 279 g/mol. The molecule has 0 saturated carbocycles. The predicted molar refractivity (Wildman–Crippen MR) is 82.3 cm³/mol. The van der Waals surface area contributed by atoms with Crippen molar-refractivity contribution in [3.05, 3.63) is 65.2 Å². The first-order valence-electron chi connectivity index (χ1n) is 6.72. The normalized spacial score (nSPS) is 11.4. The van der Waals surface area contributed by atoms with Crippen molar-refractivity contribution >= 4 is 11.6 Å². The second kappa shape index (κ2) is 6.58. The van der Waals surface area contributed by atoms with E-state index in [1.165, 1.54) is 0 Å². The third kappa shape index (κ3) is 3.83. The number of carbonyl (C=O) groups is 1. The number of amides is 1. The van der Waals surface area contributed by atoms with Gasteiger partial charge in [-0.2, -0.15) is 5.26 Å². The van der Waals surface area contributed by atoms with Gasteiger partial charge in [-0.1, -0.05) is 24.3 Å². The Balaban J connectivity index is 2.00. The summed E-state index contributed by atoms with van der Waals surface area (Å²) >= 11 is 0. The van der Waals surface area contributed by atoms with Gasteiger partial charge in [0.15, 0.2) is 0 Å². The molecular formula is C17H17N3O. The highest BCUT2D eigenvalue weighted by Gasteiger charge is 2.14. The molecule has 1 atom stereocenters. The second-order valence-corrected chi connectivity index (χ2v) is 4.92. The van der Waals surface area contributed by atoms with E-state index in [1.54, 1.807) is 30.3 Å². The number of nitrogens with one attached hydrogen (secondary N) is 1. The van der Waals surface area contributed by atoms with Crippen LogP contribution in [0.25, 0.3) is 0 Å². The van der Waals surface area contributed by atoms with Crippen molar-refractivity contribution in [3.8, 4) is 6.07 Å². The second-order valence-electron chi connectivity index (χ2n) is 4.92. The summed E-state index contributed by atoms with van der Waals surface area (Å²) in [6, 6.07) is 16.6. The highest BCUT2D eigenvalue weighted by molar-refractivity contribution is 5.83. The minimum absolute atomic E-state index is 0.0667. The first-order valence-corrected chi connectivity index (χ1v) is 6.72. The Hall–Kier alpha value is -2.80. The Labute approximate surface area is 124 Å². The van der Waals surface area contributed by atoms with Crippen molar-refractivity contribution in [2.24, 2.45) is 0 Å². The molecule has 0 heterocycles. The zero-order chi connectivity index (χ0) is 15.2. The molecule has 21 heavy (non-hydrogen) atoms. The van der Waals surface area contributed by atoms with E-state index < -0.39 is 0 Å². The Morgan fingerprint density at radius 1 is 1.29 bits per heavy atom. The van der Waals surface area contributed by atoms with Crippen molar-refractivity contribution in [1.82, 2.24) is 5.32 Å². The maximum absolute atomic E-state index is 12.2. The van der Waals surface area contributed by atoms with Gasteiger partial charge < -0.3 is 11.1 Å². The zero-order valence-corrected chi connectivity index (χ0v) is 11.8. The lowest BCUT2D eigenvalue weighted by Gasteiger charge is -2.13. The Morgan fingerprint density at radius 2 is 2.05 bits per heavy atom. The van der Waals surface area contributed by atoms with Gasteiger partial charge in [0.05, 0.1) is 17.6 Å². The first kappa shape index (κ1) is 14.6. The average Bonchev–Trinajstić information content (AvgIpc) is 2.52. The Bertz CT molecular complexity index is 688. The molecule has 0 aromatic heterocycles. The fraction of sp³-hybridized carbons (Fsp3) is 0.176. The third-order valence-corrected chi connectivity index (χ3v) is 3.33. The van der Waals surface area contributed by atoms with E-state index in [4.69, 9.17) is 11.0 Å². The number of nitrogens with two attached hydrogens (primary N) is 1. The van der Waals surface area contributed by atoms with Gasteiger partial charge in [-0.25, -0.2) is 0 Å². The highest BCUT2D eigenvalue weighted by Crippen LogP contribution is 2.18. The number of nitrogen functional groups attached to an aromatic ring is 1. The highest BCUT2D eigenvalue weighted by atomic mass is 16.1. The molecule has 4 nitrogen and oxygen atoms in total. The molecule has 4 heteroatoms. The molecule has 0 spiro atoms.